The Bertz CT molecular complexity index is 2190. The summed E-state index contributed by atoms with van der Waals surface area (Å²) in [5.41, 5.74) is 11.3. The number of urea groups is 1. The molecule has 12 N–H and O–H groups in total. The van der Waals surface area contributed by atoms with Crippen molar-refractivity contribution in [2.45, 2.75) is 150 Å². The molecular weight excluding hydrogens is 925 g/mol. The first-order chi connectivity index (χ1) is 33.6. The highest BCUT2D eigenvalue weighted by Gasteiger charge is 2.42. The van der Waals surface area contributed by atoms with Crippen LogP contribution in [0.3, 0.4) is 0 Å². The smallest absolute Gasteiger partial charge is 0.411 e. The number of carbonyl (C=O) groups is 8. The van der Waals surface area contributed by atoms with E-state index >= 15 is 0 Å². The fraction of sp³-hybridized carbons (Fsp3) is 0.577. The Morgan fingerprint density at radius 2 is 1.43 bits per heavy atom. The first-order valence-electron chi connectivity index (χ1n) is 24.6. The number of carbonyl (C=O) groups excluding carboxylic acids is 7. The Balaban J connectivity index is 2.16. The fourth-order valence-electron chi connectivity index (χ4n) is 7.94. The lowest BCUT2D eigenvalue weighted by Gasteiger charge is -2.40. The topological polar surface area (TPSA) is 306 Å². The maximum absolute atomic E-state index is 14.2. The first kappa shape index (κ1) is 61.6. The van der Waals surface area contributed by atoms with Crippen LogP contribution in [0.4, 0.5) is 21.0 Å². The number of unbranched alkanes of at least 4 members (excludes halogenated alkanes) is 2. The summed E-state index contributed by atoms with van der Waals surface area (Å²) in [6.07, 6.45) is 3.72. The monoisotopic (exact) mass is 1010 g/mol. The normalized spacial score (nSPS) is 14.0. The molecule has 0 aliphatic carbocycles. The molecule has 0 aliphatic rings. The van der Waals surface area contributed by atoms with Crippen LogP contribution in [0.15, 0.2) is 60.2 Å². The maximum atomic E-state index is 14.2. The molecular formula is C52H82N10O10. The molecule has 0 aromatic heterocycles. The molecule has 2 aromatic carbocycles. The van der Waals surface area contributed by atoms with Crippen LogP contribution in [0.25, 0.3) is 0 Å². The van der Waals surface area contributed by atoms with E-state index in [0.29, 0.717) is 41.9 Å². The van der Waals surface area contributed by atoms with Gasteiger partial charge >= 0.3 is 18.1 Å². The Hall–Kier alpha value is -6.54. The second-order valence-electron chi connectivity index (χ2n) is 20.4. The molecule has 0 aliphatic heterocycles. The van der Waals surface area contributed by atoms with Gasteiger partial charge in [0.1, 0.15) is 24.7 Å². The molecule has 2 aromatic rings. The summed E-state index contributed by atoms with van der Waals surface area (Å²) in [5.74, 6) is -3.62. The molecule has 20 heteroatoms. The number of nitrogens with zero attached hydrogens (tertiary/aromatic N) is 1. The molecule has 400 valence electrons. The van der Waals surface area contributed by atoms with Crippen LogP contribution in [0.5, 0.6) is 0 Å². The van der Waals surface area contributed by atoms with E-state index < -0.39 is 76.9 Å². The standard InChI is InChI=1S/C52H82N10O10/c1-31(2)39(28-33(5)48(68)69)62(12)47(67)43(51(6,7)8)61-46(66)42(55-11)52(9,10)35-18-16-19-37(29-35)58-50(71)72-30-34-22-24-36(25-23-34)57-44(64)38(20-17-27-56-49(54)70)59-45(65)41(32(3)4)60-40(63)21-14-13-15-26-53/h16,18-19,22-25,28-29,31-32,38-39,41-43,55H,13-15,17,20-21,26-27,30,53H2,1-12H3,(H,57,64)(H,58,71)(H,59,65)(H,60,63)(H,61,66)(H,68,69)(H3,54,56,70)/b33-28+/t38-,39?,41-,42+,43+/m0/s1. The predicted octanol–water partition coefficient (Wildman–Crippen LogP) is 4.88. The highest BCUT2D eigenvalue weighted by atomic mass is 16.5. The number of amides is 8. The average molecular weight is 1010 g/mol. The zero-order valence-corrected chi connectivity index (χ0v) is 44.3. The van der Waals surface area contributed by atoms with Crippen LogP contribution < -0.4 is 48.7 Å². The molecule has 0 saturated heterocycles. The van der Waals surface area contributed by atoms with Crippen LogP contribution in [0.2, 0.25) is 0 Å². The van der Waals surface area contributed by atoms with E-state index in [9.17, 15) is 43.5 Å². The van der Waals surface area contributed by atoms with Gasteiger partial charge in [-0.2, -0.15) is 0 Å². The van der Waals surface area contributed by atoms with Gasteiger partial charge in [0.2, 0.25) is 29.5 Å². The van der Waals surface area contributed by atoms with Crippen molar-refractivity contribution < 1.29 is 48.2 Å². The van der Waals surface area contributed by atoms with Gasteiger partial charge in [-0.05, 0) is 98.8 Å². The molecule has 2 rings (SSSR count). The van der Waals surface area contributed by atoms with Gasteiger partial charge in [-0.1, -0.05) is 99.1 Å². The minimum atomic E-state index is -1.08. The molecule has 0 bridgehead atoms. The van der Waals surface area contributed by atoms with Gasteiger partial charge in [0.05, 0.1) is 12.1 Å². The number of hydrogen-bond donors (Lipinski definition) is 10. The Morgan fingerprint density at radius 3 is 1.99 bits per heavy atom. The summed E-state index contributed by atoms with van der Waals surface area (Å²) in [6, 6.07) is 8.53. The third-order valence-electron chi connectivity index (χ3n) is 12.3. The lowest BCUT2D eigenvalue weighted by atomic mass is 9.76. The molecule has 20 nitrogen and oxygen atoms in total. The van der Waals surface area contributed by atoms with Crippen molar-refractivity contribution in [1.82, 2.24) is 31.5 Å². The third-order valence-corrected chi connectivity index (χ3v) is 12.3. The van der Waals surface area contributed by atoms with Gasteiger partial charge in [0.25, 0.3) is 0 Å². The van der Waals surface area contributed by atoms with Gasteiger partial charge in [0, 0.05) is 42.4 Å². The largest absolute Gasteiger partial charge is 0.478 e. The number of likely N-dealkylation sites (N-methyl/N-ethyl adjacent to an activating group) is 2. The zero-order chi connectivity index (χ0) is 54.5. The van der Waals surface area contributed by atoms with Crippen LogP contribution in [-0.4, -0.2) is 115 Å². The van der Waals surface area contributed by atoms with E-state index in [1.54, 1.807) is 76.5 Å². The number of primary amides is 1. The molecule has 5 atom stereocenters. The van der Waals surface area contributed by atoms with Crippen LogP contribution >= 0.6 is 0 Å². The predicted molar refractivity (Wildman–Crippen MR) is 278 cm³/mol. The highest BCUT2D eigenvalue weighted by Crippen LogP contribution is 2.31. The molecule has 8 amide bonds. The Kier molecular flexibility index (Phi) is 24.9. The van der Waals surface area contributed by atoms with Crippen LogP contribution in [-0.2, 0) is 45.5 Å². The van der Waals surface area contributed by atoms with Gasteiger partial charge < -0.3 is 58.1 Å². The number of nitrogens with one attached hydrogen (secondary N) is 7. The molecule has 0 heterocycles. The quantitative estimate of drug-likeness (QED) is 0.0403. The van der Waals surface area contributed by atoms with E-state index in [0.717, 1.165) is 12.8 Å². The van der Waals surface area contributed by atoms with Gasteiger partial charge in [-0.25, -0.2) is 14.4 Å². The molecule has 0 fully saturated rings. The second-order valence-corrected chi connectivity index (χ2v) is 20.4. The number of carboxylic acid groups (broad SMARTS) is 1. The number of benzene rings is 2. The number of rotatable bonds is 28. The van der Waals surface area contributed by atoms with Crippen molar-refractivity contribution in [2.75, 3.05) is 37.8 Å². The Morgan fingerprint density at radius 1 is 0.778 bits per heavy atom. The average Bonchev–Trinajstić information content (AvgIpc) is 3.30. The number of hydrogen-bond acceptors (Lipinski definition) is 11. The number of nitrogens with two attached hydrogens (primary N) is 2. The first-order valence-corrected chi connectivity index (χ1v) is 24.6. The maximum Gasteiger partial charge on any atom is 0.411 e. The number of aliphatic carboxylic acids is 1. The van der Waals surface area contributed by atoms with Gasteiger partial charge in [-0.15, -0.1) is 0 Å². The minimum absolute atomic E-state index is 0.106. The highest BCUT2D eigenvalue weighted by molar-refractivity contribution is 5.98. The lowest BCUT2D eigenvalue weighted by Crippen LogP contribution is -2.61. The Labute approximate surface area is 425 Å². The SMILES string of the molecule is CN[C@H](C(=O)N[C@H](C(=O)N(C)C(/C=C(\C)C(=O)O)C(C)C)C(C)(C)C)C(C)(C)c1cccc(NC(=O)OCc2ccc(NC(=O)[C@H](CCCNC(N)=O)NC(=O)[C@@H](NC(=O)CCCCCN)C(C)C)cc2)c1. The zero-order valence-electron chi connectivity index (χ0n) is 44.3. The minimum Gasteiger partial charge on any atom is -0.478 e. The van der Waals surface area contributed by atoms with Crippen molar-refractivity contribution in [3.05, 3.63) is 71.3 Å². The summed E-state index contributed by atoms with van der Waals surface area (Å²) >= 11 is 0. The number of carboxylic acids is 1. The molecule has 72 heavy (non-hydrogen) atoms. The summed E-state index contributed by atoms with van der Waals surface area (Å²) < 4.78 is 5.52. The fourth-order valence-corrected chi connectivity index (χ4v) is 7.94. The van der Waals surface area contributed by atoms with Gasteiger partial charge in [-0.3, -0.25) is 29.3 Å². The molecule has 0 saturated carbocycles. The van der Waals surface area contributed by atoms with E-state index in [-0.39, 0.29) is 55.2 Å². The summed E-state index contributed by atoms with van der Waals surface area (Å²) in [6.45, 7) is 18.7. The number of ether oxygens (including phenoxy) is 1. The molecule has 0 spiro atoms. The van der Waals surface area contributed by atoms with E-state index in [4.69, 9.17) is 16.2 Å². The summed E-state index contributed by atoms with van der Waals surface area (Å²) in [4.78, 5) is 105. The second kappa shape index (κ2) is 29.1. The van der Waals surface area contributed by atoms with E-state index in [1.807, 2.05) is 54.5 Å². The van der Waals surface area contributed by atoms with Crippen molar-refractivity contribution in [1.29, 1.82) is 0 Å². The van der Waals surface area contributed by atoms with Crippen molar-refractivity contribution in [3.63, 3.8) is 0 Å². The van der Waals surface area contributed by atoms with Crippen LogP contribution in [0.1, 0.15) is 119 Å². The third kappa shape index (κ3) is 19.9. The number of anilines is 2. The van der Waals surface area contributed by atoms with Gasteiger partial charge in [0.15, 0.2) is 0 Å². The van der Waals surface area contributed by atoms with Crippen LogP contribution in [0, 0.1) is 17.3 Å². The van der Waals surface area contributed by atoms with Crippen molar-refractivity contribution in [3.8, 4) is 0 Å². The molecule has 1 unspecified atom stereocenters. The lowest BCUT2D eigenvalue weighted by molar-refractivity contribution is -0.141. The van der Waals surface area contributed by atoms with Crippen molar-refractivity contribution >= 4 is 59.0 Å². The van der Waals surface area contributed by atoms with Crippen molar-refractivity contribution in [2.24, 2.45) is 28.7 Å². The van der Waals surface area contributed by atoms with E-state index in [2.05, 4.69) is 37.2 Å². The summed E-state index contributed by atoms with van der Waals surface area (Å²) in [5, 5.41) is 29.2. The summed E-state index contributed by atoms with van der Waals surface area (Å²) in [7, 11) is 3.25. The molecule has 0 radical (unpaired) electrons. The van der Waals surface area contributed by atoms with E-state index in [1.165, 1.54) is 11.8 Å².